The molecule has 0 unspecified atom stereocenters. The first-order chi connectivity index (χ1) is 47.7. The summed E-state index contributed by atoms with van der Waals surface area (Å²) in [6, 6.07) is 21.7. The van der Waals surface area contributed by atoms with Gasteiger partial charge in [-0.3, -0.25) is 57.5 Å². The van der Waals surface area contributed by atoms with Crippen molar-refractivity contribution in [1.29, 1.82) is 0 Å². The fourth-order valence-electron chi connectivity index (χ4n) is 12.0. The van der Waals surface area contributed by atoms with Crippen LogP contribution >= 0.6 is 0 Å². The van der Waals surface area contributed by atoms with Gasteiger partial charge in [-0.2, -0.15) is 0 Å². The number of carboxylic acid groups (broad SMARTS) is 2. The van der Waals surface area contributed by atoms with Crippen molar-refractivity contribution in [3.05, 3.63) is 144 Å². The zero-order valence-electron chi connectivity index (χ0n) is 57.3. The van der Waals surface area contributed by atoms with Crippen molar-refractivity contribution in [2.24, 2.45) is 23.3 Å². The van der Waals surface area contributed by atoms with Crippen LogP contribution in [0.3, 0.4) is 0 Å². The molecule has 2 aliphatic rings. The van der Waals surface area contributed by atoms with Gasteiger partial charge in [0.2, 0.25) is 65.0 Å². The average Bonchev–Trinajstić information content (AvgIpc) is 1.64. The lowest BCUT2D eigenvalue weighted by Crippen LogP contribution is -2.61. The van der Waals surface area contributed by atoms with E-state index < -0.39 is 175 Å². The molecule has 0 saturated carbocycles. The van der Waals surface area contributed by atoms with E-state index in [0.717, 1.165) is 11.1 Å². The van der Waals surface area contributed by atoms with E-state index >= 15 is 0 Å². The van der Waals surface area contributed by atoms with Crippen molar-refractivity contribution in [2.75, 3.05) is 26.2 Å². The minimum absolute atomic E-state index is 0.0362. The van der Waals surface area contributed by atoms with Gasteiger partial charge in [0.1, 0.15) is 60.4 Å². The second-order valence-electron chi connectivity index (χ2n) is 26.1. The zero-order valence-corrected chi connectivity index (χ0v) is 57.3. The van der Waals surface area contributed by atoms with Crippen molar-refractivity contribution in [3.8, 4) is 0 Å². The van der Waals surface area contributed by atoms with Crippen LogP contribution in [-0.2, 0) is 88.0 Å². The van der Waals surface area contributed by atoms with Crippen molar-refractivity contribution in [1.82, 2.24) is 57.7 Å². The number of carboxylic acids is 2. The number of likely N-dealkylation sites (tertiary alicyclic amines) is 2. The van der Waals surface area contributed by atoms with E-state index in [4.69, 9.17) is 11.5 Å². The molecule has 6 rings (SSSR count). The lowest BCUT2D eigenvalue weighted by Gasteiger charge is -2.32. The normalized spacial score (nSPS) is 16.9. The summed E-state index contributed by atoms with van der Waals surface area (Å²) in [5.41, 5.74) is 14.6. The highest BCUT2D eigenvalue weighted by Crippen LogP contribution is 2.24. The summed E-state index contributed by atoms with van der Waals surface area (Å²) in [7, 11) is 0. The van der Waals surface area contributed by atoms with Crippen LogP contribution in [-0.4, -0.2) is 190 Å². The average molecular weight is 1380 g/mol. The van der Waals surface area contributed by atoms with Crippen molar-refractivity contribution in [3.63, 3.8) is 0 Å². The molecule has 11 amide bonds. The van der Waals surface area contributed by atoms with Gasteiger partial charge < -0.3 is 79.3 Å². The number of amides is 11. The first-order valence-electron chi connectivity index (χ1n) is 34.1. The van der Waals surface area contributed by atoms with Gasteiger partial charge in [0, 0.05) is 38.8 Å². The molecule has 28 nitrogen and oxygen atoms in total. The maximum absolute atomic E-state index is 15.0. The second kappa shape index (κ2) is 39.5. The molecule has 2 heterocycles. The highest BCUT2D eigenvalue weighted by Gasteiger charge is 2.43. The molecule has 100 heavy (non-hydrogen) atoms. The minimum Gasteiger partial charge on any atom is -0.481 e. The third-order valence-electron chi connectivity index (χ3n) is 17.5. The molecule has 0 aromatic heterocycles. The maximum atomic E-state index is 15.0. The zero-order chi connectivity index (χ0) is 73.0. The Bertz CT molecular complexity index is 3440. The van der Waals surface area contributed by atoms with Gasteiger partial charge >= 0.3 is 11.9 Å². The molecule has 2 saturated heterocycles. The third kappa shape index (κ3) is 24.4. The molecule has 28 heteroatoms. The van der Waals surface area contributed by atoms with Gasteiger partial charge in [0.05, 0.1) is 12.6 Å². The highest BCUT2D eigenvalue weighted by molar-refractivity contribution is 6.00. The summed E-state index contributed by atoms with van der Waals surface area (Å²) in [5.74, 6) is -12.0. The Morgan fingerprint density at radius 3 is 1.33 bits per heavy atom. The summed E-state index contributed by atoms with van der Waals surface area (Å²) in [6.07, 6.45) is 1.09. The van der Waals surface area contributed by atoms with Gasteiger partial charge in [-0.25, -0.2) is 4.79 Å². The van der Waals surface area contributed by atoms with Crippen LogP contribution < -0.4 is 59.3 Å². The molecule has 2 aliphatic heterocycles. The SMILES string of the molecule is CC(C)[C@H](NC(=O)[C@H](Cc1ccccc1)NC(=O)[C@@H](N)Cc1ccccc1)C(=O)N[C@@H](C)C(=O)N1CCC[C@H]1C(=O)N[C@@H](Cc1ccccc1)C(=O)N1CCC[C@H]1C(=O)N[C@@H](CCC(=O)O)C(=O)N[C@H](C(=O)N[C@@H](Cc1ccccc1)C(=O)NCC(=O)N[C@@H](CCCCN)C(=O)O)C(C)C. The number of unbranched alkanes of at least 4 members (excludes halogenated alkanes) is 1. The van der Waals surface area contributed by atoms with Gasteiger partial charge in [-0.1, -0.05) is 149 Å². The number of hydrogen-bond acceptors (Lipinski definition) is 15. The molecular formula is C72H97N13O15. The van der Waals surface area contributed by atoms with Gasteiger partial charge in [-0.05, 0) is 105 Å². The standard InChI is InChI=1S/C72H97N13O15/c1-43(2)60(83-65(92)54(40-48-26-14-8-15-27-48)79-62(89)50(74)38-46-22-10-6-11-23-46)68(95)76-45(5)70(97)84-36-20-31-56(84)67(94)81-55(41-49-28-16-9-17-29-49)71(98)85-37-21-32-57(85)66(93)78-51(33-34-59(87)88)64(91)82-61(44(3)4)69(96)80-53(39-47-24-12-7-13-25-47)63(90)75-42-58(86)77-52(72(99)100)30-18-19-35-73/h6-17,22-29,43-45,50-57,60-61H,18-21,30-42,73-74H2,1-5H3,(H,75,90)(H,76,95)(H,77,86)(H,78,93)(H,79,89)(H,80,96)(H,81,94)(H,82,91)(H,83,92)(H,87,88)(H,99,100)/t45-,50-,51-,52-,53-,54-,55-,56-,57-,60-,61-/m0/s1. The Hall–Kier alpha value is -10.1. The molecule has 11 atom stereocenters. The van der Waals surface area contributed by atoms with E-state index in [9.17, 15) is 72.5 Å². The molecule has 0 radical (unpaired) electrons. The predicted molar refractivity (Wildman–Crippen MR) is 369 cm³/mol. The summed E-state index contributed by atoms with van der Waals surface area (Å²) >= 11 is 0. The first-order valence-corrected chi connectivity index (χ1v) is 34.1. The third-order valence-corrected chi connectivity index (χ3v) is 17.5. The number of hydrogen-bond donors (Lipinski definition) is 13. The summed E-state index contributed by atoms with van der Waals surface area (Å²) in [4.78, 5) is 182. The molecule has 0 spiro atoms. The van der Waals surface area contributed by atoms with E-state index in [1.165, 1.54) is 16.7 Å². The van der Waals surface area contributed by atoms with E-state index in [0.29, 0.717) is 43.4 Å². The van der Waals surface area contributed by atoms with Crippen LogP contribution in [0.15, 0.2) is 121 Å². The predicted octanol–water partition coefficient (Wildman–Crippen LogP) is 0.671. The maximum Gasteiger partial charge on any atom is 0.326 e. The molecule has 4 aromatic rings. The fraction of sp³-hybridized carbons (Fsp3) is 0.486. The van der Waals surface area contributed by atoms with Crippen molar-refractivity contribution in [2.45, 2.75) is 185 Å². The minimum atomic E-state index is -1.58. The number of carbonyl (C=O) groups is 13. The number of rotatable bonds is 38. The molecule has 2 fully saturated rings. The molecular weight excluding hydrogens is 1290 g/mol. The van der Waals surface area contributed by atoms with Crippen LogP contribution in [0.1, 0.15) is 115 Å². The van der Waals surface area contributed by atoms with E-state index in [-0.39, 0.29) is 58.0 Å². The Morgan fingerprint density at radius 2 is 0.870 bits per heavy atom. The number of nitrogens with zero attached hydrogens (tertiary/aromatic N) is 2. The number of nitrogens with two attached hydrogens (primary N) is 2. The van der Waals surface area contributed by atoms with Crippen molar-refractivity contribution < 1.29 is 72.5 Å². The fourth-order valence-corrected chi connectivity index (χ4v) is 12.0. The lowest BCUT2D eigenvalue weighted by molar-refractivity contribution is -0.144. The summed E-state index contributed by atoms with van der Waals surface area (Å²) in [6.45, 7) is 7.89. The molecule has 15 N–H and O–H groups in total. The van der Waals surface area contributed by atoms with E-state index in [2.05, 4.69) is 47.9 Å². The highest BCUT2D eigenvalue weighted by atomic mass is 16.4. The van der Waals surface area contributed by atoms with E-state index in [1.54, 1.807) is 113 Å². The van der Waals surface area contributed by atoms with Crippen LogP contribution in [0, 0.1) is 11.8 Å². The molecule has 0 bridgehead atoms. The van der Waals surface area contributed by atoms with Crippen LogP contribution in [0.4, 0.5) is 0 Å². The Kier molecular flexibility index (Phi) is 31.2. The van der Waals surface area contributed by atoms with E-state index in [1.807, 2.05) is 36.4 Å². The largest absolute Gasteiger partial charge is 0.481 e. The van der Waals surface area contributed by atoms with Crippen LogP contribution in [0.2, 0.25) is 0 Å². The summed E-state index contributed by atoms with van der Waals surface area (Å²) < 4.78 is 0. The number of aliphatic carboxylic acids is 2. The molecule has 0 aliphatic carbocycles. The number of benzene rings is 4. The smallest absolute Gasteiger partial charge is 0.326 e. The first kappa shape index (κ1) is 78.9. The Morgan fingerprint density at radius 1 is 0.450 bits per heavy atom. The van der Waals surface area contributed by atoms with Crippen molar-refractivity contribution >= 4 is 76.9 Å². The molecule has 540 valence electrons. The van der Waals surface area contributed by atoms with Crippen LogP contribution in [0.25, 0.3) is 0 Å². The number of carbonyl (C=O) groups excluding carboxylic acids is 11. The van der Waals surface area contributed by atoms with Gasteiger partial charge in [-0.15, -0.1) is 0 Å². The van der Waals surface area contributed by atoms with Gasteiger partial charge in [0.25, 0.3) is 0 Å². The Balaban J connectivity index is 1.12. The Labute approximate surface area is 582 Å². The topological polar surface area (TPSA) is 429 Å². The second-order valence-corrected chi connectivity index (χ2v) is 26.1. The number of nitrogens with one attached hydrogen (secondary N) is 9. The van der Waals surface area contributed by atoms with Crippen LogP contribution in [0.5, 0.6) is 0 Å². The lowest BCUT2D eigenvalue weighted by atomic mass is 10.00. The van der Waals surface area contributed by atoms with Gasteiger partial charge in [0.15, 0.2) is 0 Å². The monoisotopic (exact) mass is 1380 g/mol. The quantitative estimate of drug-likeness (QED) is 0.0274. The summed E-state index contributed by atoms with van der Waals surface area (Å²) in [5, 5.41) is 43.3. The molecule has 4 aromatic carbocycles.